The van der Waals surface area contributed by atoms with Crippen LogP contribution in [0, 0.1) is 0 Å². The summed E-state index contributed by atoms with van der Waals surface area (Å²) in [6, 6.07) is 24.7. The Labute approximate surface area is 204 Å². The number of anilines is 1. The molecule has 4 aromatic rings. The molecule has 0 radical (unpaired) electrons. The lowest BCUT2D eigenvalue weighted by Gasteiger charge is -2.15. The fraction of sp³-hybridized carbons (Fsp3) is 0.0800. The highest BCUT2D eigenvalue weighted by Gasteiger charge is 2.50. The molecule has 5 rings (SSSR count). The fourth-order valence-corrected chi connectivity index (χ4v) is 5.41. The summed E-state index contributed by atoms with van der Waals surface area (Å²) >= 11 is 1.51. The standard InChI is InChI=1S/C25H18F3N2O3S2/c1-29-21-13-7-8-14-22(21)34-24(29)16-17-15-23(33-35(31,32)25(26,27)28)30(18-9-3-2-4-10-18)20-12-6-5-11-19(17)20/h2-16H,1H3/q+1. The minimum Gasteiger partial charge on any atom is -0.338 e. The minimum atomic E-state index is -5.91. The Morgan fingerprint density at radius 3 is 2.31 bits per heavy atom. The van der Waals surface area contributed by atoms with Crippen molar-refractivity contribution in [3.05, 3.63) is 95.5 Å². The summed E-state index contributed by atoms with van der Waals surface area (Å²) in [6.07, 6.45) is 1.81. The van der Waals surface area contributed by atoms with Crippen LogP contribution in [0.3, 0.4) is 0 Å². The number of hydrogen-bond donors (Lipinski definition) is 0. The van der Waals surface area contributed by atoms with Gasteiger partial charge < -0.3 is 9.08 Å². The largest absolute Gasteiger partial charge is 0.534 e. The van der Waals surface area contributed by atoms with E-state index in [1.807, 2.05) is 54.4 Å². The van der Waals surface area contributed by atoms with Gasteiger partial charge in [0.15, 0.2) is 0 Å². The van der Waals surface area contributed by atoms with Crippen LogP contribution >= 0.6 is 11.8 Å². The minimum absolute atomic E-state index is 0.454. The number of benzene rings is 3. The highest BCUT2D eigenvalue weighted by atomic mass is 32.2. The molecule has 0 atom stereocenters. The van der Waals surface area contributed by atoms with Gasteiger partial charge in [-0.2, -0.15) is 21.6 Å². The molecule has 2 heterocycles. The van der Waals surface area contributed by atoms with Crippen molar-refractivity contribution in [2.45, 2.75) is 10.4 Å². The molecule has 0 saturated heterocycles. The van der Waals surface area contributed by atoms with E-state index < -0.39 is 21.5 Å². The normalized spacial score (nSPS) is 15.0. The van der Waals surface area contributed by atoms with E-state index in [-0.39, 0.29) is 0 Å². The second kappa shape index (κ2) is 8.62. The van der Waals surface area contributed by atoms with Gasteiger partial charge in [0.1, 0.15) is 0 Å². The number of para-hydroxylation sites is 3. The molecule has 0 amide bonds. The number of rotatable bonds is 4. The molecule has 0 saturated carbocycles. The third kappa shape index (κ3) is 4.23. The zero-order valence-corrected chi connectivity index (χ0v) is 19.9. The molecule has 0 aliphatic carbocycles. The van der Waals surface area contributed by atoms with E-state index in [0.717, 1.165) is 15.6 Å². The molecule has 0 N–H and O–H groups in total. The molecule has 0 bridgehead atoms. The highest BCUT2D eigenvalue weighted by molar-refractivity contribution is 8.03. The highest BCUT2D eigenvalue weighted by Crippen LogP contribution is 2.46. The maximum absolute atomic E-state index is 13.3. The Balaban J connectivity index is 1.75. The first-order chi connectivity index (χ1) is 16.7. The van der Waals surface area contributed by atoms with Crippen LogP contribution in [0.25, 0.3) is 22.7 Å². The van der Waals surface area contributed by atoms with Gasteiger partial charge in [-0.1, -0.05) is 54.2 Å². The Bertz CT molecular complexity index is 1570. The van der Waals surface area contributed by atoms with Crippen molar-refractivity contribution in [2.75, 3.05) is 11.9 Å². The summed E-state index contributed by atoms with van der Waals surface area (Å²) in [5.41, 5.74) is -3.12. The number of aromatic nitrogens is 1. The maximum atomic E-state index is 13.3. The topological polar surface area (TPSA) is 50.5 Å². The summed E-state index contributed by atoms with van der Waals surface area (Å²) in [6.45, 7) is 0. The molecular weight excluding hydrogens is 497 g/mol. The third-order valence-electron chi connectivity index (χ3n) is 5.50. The molecule has 1 aliphatic heterocycles. The van der Waals surface area contributed by atoms with Gasteiger partial charge in [-0.05, 0) is 24.3 Å². The van der Waals surface area contributed by atoms with Crippen LogP contribution in [0.2, 0.25) is 0 Å². The summed E-state index contributed by atoms with van der Waals surface area (Å²) in [7, 11) is -4.01. The summed E-state index contributed by atoms with van der Waals surface area (Å²) in [5.74, 6) is -0.470. The van der Waals surface area contributed by atoms with Crippen molar-refractivity contribution in [1.82, 2.24) is 0 Å². The van der Waals surface area contributed by atoms with Crippen LogP contribution in [0.4, 0.5) is 18.9 Å². The summed E-state index contributed by atoms with van der Waals surface area (Å²) < 4.78 is 69.9. The van der Waals surface area contributed by atoms with E-state index in [2.05, 4.69) is 0 Å². The van der Waals surface area contributed by atoms with Crippen molar-refractivity contribution in [3.8, 4) is 11.6 Å². The summed E-state index contributed by atoms with van der Waals surface area (Å²) in [5, 5.41) is 1.55. The maximum Gasteiger partial charge on any atom is 0.534 e. The van der Waals surface area contributed by atoms with Gasteiger partial charge in [0.05, 0.1) is 22.2 Å². The van der Waals surface area contributed by atoms with Crippen LogP contribution in [-0.4, -0.2) is 21.0 Å². The Hall–Kier alpha value is -3.50. The SMILES string of the molecule is CN1/C(=C/c2cc(OS(=O)(=O)C(F)(F)F)[n+](-c3ccccc3)c3ccccc23)Sc2ccccc21. The van der Waals surface area contributed by atoms with Crippen molar-refractivity contribution in [1.29, 1.82) is 0 Å². The second-order valence-electron chi connectivity index (χ2n) is 7.72. The Morgan fingerprint density at radius 1 is 0.943 bits per heavy atom. The molecule has 1 aliphatic rings. The van der Waals surface area contributed by atoms with E-state index in [1.165, 1.54) is 22.4 Å². The predicted molar refractivity (Wildman–Crippen MR) is 130 cm³/mol. The van der Waals surface area contributed by atoms with Crippen LogP contribution in [0.5, 0.6) is 5.88 Å². The molecule has 178 valence electrons. The number of alkyl halides is 3. The zero-order chi connectivity index (χ0) is 24.8. The number of thioether (sulfide) groups is 1. The van der Waals surface area contributed by atoms with Crippen LogP contribution in [-0.2, 0) is 10.1 Å². The van der Waals surface area contributed by atoms with E-state index in [1.54, 1.807) is 42.5 Å². The lowest BCUT2D eigenvalue weighted by molar-refractivity contribution is -0.572. The Morgan fingerprint density at radius 2 is 1.60 bits per heavy atom. The van der Waals surface area contributed by atoms with Crippen LogP contribution < -0.4 is 13.7 Å². The summed E-state index contributed by atoms with van der Waals surface area (Å²) in [4.78, 5) is 3.01. The van der Waals surface area contributed by atoms with Crippen molar-refractivity contribution in [2.24, 2.45) is 0 Å². The number of hydrogen-bond acceptors (Lipinski definition) is 5. The monoisotopic (exact) mass is 515 g/mol. The van der Waals surface area contributed by atoms with Crippen molar-refractivity contribution < 1.29 is 30.3 Å². The number of halogens is 3. The van der Waals surface area contributed by atoms with Gasteiger partial charge in [0, 0.05) is 35.7 Å². The van der Waals surface area contributed by atoms with Crippen LogP contribution in [0.1, 0.15) is 5.56 Å². The van der Waals surface area contributed by atoms with E-state index >= 15 is 0 Å². The van der Waals surface area contributed by atoms with Crippen LogP contribution in [0.15, 0.2) is 94.9 Å². The zero-order valence-electron chi connectivity index (χ0n) is 18.2. The molecule has 1 aromatic heterocycles. The average molecular weight is 516 g/mol. The van der Waals surface area contributed by atoms with Gasteiger partial charge >= 0.3 is 21.5 Å². The van der Waals surface area contributed by atoms with E-state index in [9.17, 15) is 21.6 Å². The fourth-order valence-electron chi connectivity index (χ4n) is 3.87. The Kier molecular flexibility index (Phi) is 5.72. The molecule has 35 heavy (non-hydrogen) atoms. The molecule has 3 aromatic carbocycles. The molecule has 0 fully saturated rings. The lowest BCUT2D eigenvalue weighted by Crippen LogP contribution is -2.38. The van der Waals surface area contributed by atoms with Gasteiger partial charge in [-0.25, -0.2) is 0 Å². The van der Waals surface area contributed by atoms with Crippen molar-refractivity contribution in [3.63, 3.8) is 0 Å². The number of fused-ring (bicyclic) bond motifs is 2. The smallest absolute Gasteiger partial charge is 0.338 e. The van der Waals surface area contributed by atoms with Gasteiger partial charge in [0.25, 0.3) is 0 Å². The third-order valence-corrected chi connectivity index (χ3v) is 7.62. The van der Waals surface area contributed by atoms with Crippen molar-refractivity contribution >= 4 is 44.5 Å². The second-order valence-corrected chi connectivity index (χ2v) is 10.3. The predicted octanol–water partition coefficient (Wildman–Crippen LogP) is 5.89. The number of pyridine rings is 1. The molecule has 10 heteroatoms. The van der Waals surface area contributed by atoms with E-state index in [4.69, 9.17) is 4.18 Å². The molecule has 0 unspecified atom stereocenters. The van der Waals surface area contributed by atoms with E-state index in [0.29, 0.717) is 22.2 Å². The van der Waals surface area contributed by atoms with Gasteiger partial charge in [-0.3, -0.25) is 0 Å². The molecule has 0 spiro atoms. The first-order valence-corrected chi connectivity index (χ1v) is 12.6. The lowest BCUT2D eigenvalue weighted by atomic mass is 10.1. The quantitative estimate of drug-likeness (QED) is 0.193. The average Bonchev–Trinajstić information content (AvgIpc) is 3.14. The number of nitrogens with zero attached hydrogens (tertiary/aromatic N) is 2. The molecule has 5 nitrogen and oxygen atoms in total. The first-order valence-electron chi connectivity index (χ1n) is 10.4. The van der Waals surface area contributed by atoms with Gasteiger partial charge in [-0.15, -0.1) is 4.57 Å². The first kappa shape index (κ1) is 23.3. The van der Waals surface area contributed by atoms with Gasteiger partial charge in [0.2, 0.25) is 11.2 Å². The molecular formula is C25H18F3N2O3S2+.